The monoisotopic (exact) mass is 329 g/mol. The van der Waals surface area contributed by atoms with Gasteiger partial charge in [0.25, 0.3) is 0 Å². The molecular formula is C16H19N5O3. The normalized spacial score (nSPS) is 23.5. The molecule has 2 aromatic heterocycles. The molecule has 0 radical (unpaired) electrons. The zero-order valence-electron chi connectivity index (χ0n) is 13.5. The van der Waals surface area contributed by atoms with Crippen LogP contribution in [0, 0.1) is 0 Å². The summed E-state index contributed by atoms with van der Waals surface area (Å²) in [7, 11) is 1.49. The molecule has 0 aromatic carbocycles. The van der Waals surface area contributed by atoms with Crippen LogP contribution in [0.3, 0.4) is 0 Å². The quantitative estimate of drug-likeness (QED) is 0.692. The Kier molecular flexibility index (Phi) is 3.58. The van der Waals surface area contributed by atoms with E-state index in [0.29, 0.717) is 12.4 Å². The smallest absolute Gasteiger partial charge is 0.332 e. The number of hydrogen-bond acceptors (Lipinski definition) is 6. The molecule has 0 aliphatic carbocycles. The summed E-state index contributed by atoms with van der Waals surface area (Å²) in [4.78, 5) is 30.6. The van der Waals surface area contributed by atoms with E-state index in [1.165, 1.54) is 11.6 Å². The molecule has 4 heterocycles. The van der Waals surface area contributed by atoms with Crippen LogP contribution in [0.2, 0.25) is 0 Å². The highest BCUT2D eigenvalue weighted by molar-refractivity contribution is 5.10. The van der Waals surface area contributed by atoms with Crippen molar-refractivity contribution < 1.29 is 4.74 Å². The van der Waals surface area contributed by atoms with Crippen LogP contribution in [0.4, 0.5) is 0 Å². The first-order chi connectivity index (χ1) is 11.6. The summed E-state index contributed by atoms with van der Waals surface area (Å²) in [6.45, 7) is 3.05. The third-order valence-corrected chi connectivity index (χ3v) is 4.78. The van der Waals surface area contributed by atoms with Crippen molar-refractivity contribution in [3.05, 3.63) is 56.6 Å². The van der Waals surface area contributed by atoms with Crippen LogP contribution >= 0.6 is 0 Å². The van der Waals surface area contributed by atoms with Gasteiger partial charge < -0.3 is 4.74 Å². The number of nitrogens with zero attached hydrogens (tertiary/aromatic N) is 5. The molecule has 0 saturated carbocycles. The summed E-state index contributed by atoms with van der Waals surface area (Å²) >= 11 is 0. The van der Waals surface area contributed by atoms with Crippen molar-refractivity contribution in [3.8, 4) is 0 Å². The topological polar surface area (TPSA) is 82.3 Å². The van der Waals surface area contributed by atoms with E-state index < -0.39 is 16.7 Å². The number of aryl methyl sites for hydroxylation is 1. The van der Waals surface area contributed by atoms with Gasteiger partial charge in [0, 0.05) is 39.1 Å². The highest BCUT2D eigenvalue weighted by Crippen LogP contribution is 2.31. The fourth-order valence-corrected chi connectivity index (χ4v) is 3.52. The Bertz CT molecular complexity index is 876. The van der Waals surface area contributed by atoms with E-state index in [4.69, 9.17) is 4.74 Å². The van der Waals surface area contributed by atoms with Crippen LogP contribution in [0.1, 0.15) is 17.8 Å². The van der Waals surface area contributed by atoms with Gasteiger partial charge in [-0.2, -0.15) is 5.10 Å². The van der Waals surface area contributed by atoms with Crippen molar-refractivity contribution >= 4 is 0 Å². The largest absolute Gasteiger partial charge is 0.364 e. The van der Waals surface area contributed by atoms with Gasteiger partial charge in [-0.3, -0.25) is 24.0 Å². The van der Waals surface area contributed by atoms with Crippen molar-refractivity contribution in [2.45, 2.75) is 31.7 Å². The van der Waals surface area contributed by atoms with Crippen molar-refractivity contribution in [2.24, 2.45) is 7.05 Å². The average molecular weight is 329 g/mol. The van der Waals surface area contributed by atoms with Crippen molar-refractivity contribution in [1.29, 1.82) is 0 Å². The van der Waals surface area contributed by atoms with Gasteiger partial charge in [0.15, 0.2) is 5.82 Å². The number of pyridine rings is 1. The highest BCUT2D eigenvalue weighted by Gasteiger charge is 2.43. The maximum Gasteiger partial charge on any atom is 0.332 e. The molecule has 1 spiro atoms. The van der Waals surface area contributed by atoms with E-state index in [-0.39, 0.29) is 6.61 Å². The molecule has 126 valence electrons. The molecule has 2 aromatic rings. The molecule has 2 aliphatic rings. The van der Waals surface area contributed by atoms with Crippen LogP contribution in [0.5, 0.6) is 0 Å². The molecule has 0 amide bonds. The molecule has 0 N–H and O–H groups in total. The average Bonchev–Trinajstić information content (AvgIpc) is 2.97. The van der Waals surface area contributed by atoms with Gasteiger partial charge in [0.05, 0.1) is 6.54 Å². The molecule has 1 saturated heterocycles. The summed E-state index contributed by atoms with van der Waals surface area (Å²) in [6.07, 6.45) is 4.45. The lowest BCUT2D eigenvalue weighted by atomic mass is 10.0. The van der Waals surface area contributed by atoms with E-state index in [1.54, 1.807) is 6.20 Å². The number of fused-ring (bicyclic) bond motifs is 1. The molecule has 4 rings (SSSR count). The number of likely N-dealkylation sites (tertiary alicyclic amines) is 1. The zero-order valence-corrected chi connectivity index (χ0v) is 13.5. The fourth-order valence-electron chi connectivity index (χ4n) is 3.52. The van der Waals surface area contributed by atoms with Crippen LogP contribution < -0.4 is 11.1 Å². The minimum atomic E-state index is -0.596. The van der Waals surface area contributed by atoms with E-state index >= 15 is 0 Å². The molecule has 24 heavy (non-hydrogen) atoms. The molecule has 2 aliphatic heterocycles. The number of ether oxygens (including phenoxy) is 1. The molecular weight excluding hydrogens is 310 g/mol. The van der Waals surface area contributed by atoms with Gasteiger partial charge in [-0.05, 0) is 18.1 Å². The third kappa shape index (κ3) is 2.57. The minimum absolute atomic E-state index is 0.254. The predicted octanol–water partition coefficient (Wildman–Crippen LogP) is -0.488. The lowest BCUT2D eigenvalue weighted by Crippen LogP contribution is -2.52. The predicted molar refractivity (Wildman–Crippen MR) is 85.4 cm³/mol. The Labute approximate surface area is 138 Å². The van der Waals surface area contributed by atoms with Gasteiger partial charge in [-0.15, -0.1) is 0 Å². The molecule has 8 nitrogen and oxygen atoms in total. The molecule has 1 fully saturated rings. The Balaban J connectivity index is 1.55. The van der Waals surface area contributed by atoms with E-state index in [2.05, 4.69) is 15.0 Å². The first-order valence-electron chi connectivity index (χ1n) is 7.99. The summed E-state index contributed by atoms with van der Waals surface area (Å²) in [6, 6.07) is 3.97. The Morgan fingerprint density at radius 3 is 2.96 bits per heavy atom. The van der Waals surface area contributed by atoms with Crippen LogP contribution in [-0.4, -0.2) is 42.9 Å². The van der Waals surface area contributed by atoms with Gasteiger partial charge in [-0.1, -0.05) is 6.07 Å². The standard InChI is InChI=1S/C16H19N5O3/c1-19-14(22)15(23)21-11-16(24-9-13(21)18-19)4-6-20(10-16)8-12-3-2-5-17-7-12/h2-3,5,7H,4,6,8-11H2,1H3/t16-/m1/s1. The highest BCUT2D eigenvalue weighted by atomic mass is 16.5. The SMILES string of the molecule is Cn1nc2n(c(=O)c1=O)C[C@]1(CCN(Cc3cccnc3)C1)OC2. The summed E-state index contributed by atoms with van der Waals surface area (Å²) in [5.74, 6) is 0.512. The first kappa shape index (κ1) is 15.2. The zero-order chi connectivity index (χ0) is 16.7. The van der Waals surface area contributed by atoms with Crippen LogP contribution in [0.15, 0.2) is 34.1 Å². The Hall–Kier alpha value is -2.32. The molecule has 0 bridgehead atoms. The van der Waals surface area contributed by atoms with Crippen molar-refractivity contribution in [3.63, 3.8) is 0 Å². The number of aromatic nitrogens is 4. The first-order valence-corrected chi connectivity index (χ1v) is 7.99. The van der Waals surface area contributed by atoms with Crippen molar-refractivity contribution in [1.82, 2.24) is 24.2 Å². The van der Waals surface area contributed by atoms with Gasteiger partial charge >= 0.3 is 11.1 Å². The fraction of sp³-hybridized carbons (Fsp3) is 0.500. The van der Waals surface area contributed by atoms with Gasteiger partial charge in [0.2, 0.25) is 0 Å². The summed E-state index contributed by atoms with van der Waals surface area (Å²) < 4.78 is 8.64. The van der Waals surface area contributed by atoms with Crippen LogP contribution in [-0.2, 0) is 31.5 Å². The second-order valence-electron chi connectivity index (χ2n) is 6.53. The van der Waals surface area contributed by atoms with Gasteiger partial charge in [-0.25, -0.2) is 4.68 Å². The summed E-state index contributed by atoms with van der Waals surface area (Å²) in [5.41, 5.74) is -0.386. The third-order valence-electron chi connectivity index (χ3n) is 4.78. The molecule has 0 unspecified atom stereocenters. The second-order valence-corrected chi connectivity index (χ2v) is 6.53. The number of rotatable bonds is 2. The Morgan fingerprint density at radius 2 is 2.17 bits per heavy atom. The van der Waals surface area contributed by atoms with E-state index in [1.807, 2.05) is 18.3 Å². The van der Waals surface area contributed by atoms with E-state index in [9.17, 15) is 9.59 Å². The second kappa shape index (κ2) is 5.64. The van der Waals surface area contributed by atoms with Crippen molar-refractivity contribution in [2.75, 3.05) is 13.1 Å². The Morgan fingerprint density at radius 1 is 1.29 bits per heavy atom. The maximum atomic E-state index is 12.3. The van der Waals surface area contributed by atoms with Crippen LogP contribution in [0.25, 0.3) is 0 Å². The summed E-state index contributed by atoms with van der Waals surface area (Å²) in [5, 5.41) is 4.14. The maximum absolute atomic E-state index is 12.3. The molecule has 1 atom stereocenters. The number of hydrogen-bond donors (Lipinski definition) is 0. The lowest BCUT2D eigenvalue weighted by molar-refractivity contribution is -0.0858. The lowest BCUT2D eigenvalue weighted by Gasteiger charge is -2.35. The van der Waals surface area contributed by atoms with Gasteiger partial charge in [0.1, 0.15) is 12.2 Å². The van der Waals surface area contributed by atoms with E-state index in [0.717, 1.165) is 36.3 Å². The molecule has 8 heteroatoms. The minimum Gasteiger partial charge on any atom is -0.364 e.